The largest absolute Gasteiger partial charge is 0.355 e. The quantitative estimate of drug-likeness (QED) is 0.626. The molecule has 0 N–H and O–H groups in total. The molecule has 2 aromatic carbocycles. The van der Waals surface area contributed by atoms with E-state index in [1.807, 2.05) is 60.7 Å². The molecule has 176 valence electrons. The van der Waals surface area contributed by atoms with Crippen molar-refractivity contribution in [3.8, 4) is 0 Å². The molecule has 4 rings (SSSR count). The Kier molecular flexibility index (Phi) is 7.07. The van der Waals surface area contributed by atoms with Crippen LogP contribution in [0.5, 0.6) is 0 Å². The maximum atomic E-state index is 13.2. The fraction of sp³-hybridized carbons (Fsp3) is 0.462. The van der Waals surface area contributed by atoms with Crippen molar-refractivity contribution in [1.82, 2.24) is 0 Å². The van der Waals surface area contributed by atoms with Gasteiger partial charge in [-0.15, -0.1) is 11.8 Å². The summed E-state index contributed by atoms with van der Waals surface area (Å²) in [5, 5.41) is -0.584. The zero-order valence-electron chi connectivity index (χ0n) is 19.4. The molecule has 0 radical (unpaired) electrons. The van der Waals surface area contributed by atoms with Gasteiger partial charge in [0.15, 0.2) is 35.3 Å². The molecule has 2 saturated heterocycles. The first-order chi connectivity index (χ1) is 15.8. The topological polar surface area (TPSA) is 71.1 Å². The zero-order chi connectivity index (χ0) is 23.6. The Morgan fingerprint density at radius 3 is 1.42 bits per heavy atom. The molecule has 6 nitrogen and oxygen atoms in total. The Labute approximate surface area is 198 Å². The van der Waals surface area contributed by atoms with Crippen LogP contribution in [0.4, 0.5) is 0 Å². The van der Waals surface area contributed by atoms with Gasteiger partial charge in [-0.05, 0) is 25.0 Å². The highest BCUT2D eigenvalue weighted by Gasteiger charge is 2.51. The predicted octanol–water partition coefficient (Wildman–Crippen LogP) is 4.21. The maximum absolute atomic E-state index is 13.2. The van der Waals surface area contributed by atoms with Crippen molar-refractivity contribution < 1.29 is 28.5 Å². The molecule has 2 aromatic rings. The lowest BCUT2D eigenvalue weighted by Crippen LogP contribution is -2.53. The minimum atomic E-state index is -1.08. The van der Waals surface area contributed by atoms with Gasteiger partial charge >= 0.3 is 0 Å². The summed E-state index contributed by atoms with van der Waals surface area (Å²) in [6.45, 7) is 3.57. The minimum absolute atomic E-state index is 0.0226. The molecule has 0 amide bonds. The van der Waals surface area contributed by atoms with E-state index in [4.69, 9.17) is 18.9 Å². The summed E-state index contributed by atoms with van der Waals surface area (Å²) in [5.41, 5.74) is -0.565. The van der Waals surface area contributed by atoms with Gasteiger partial charge in [-0.2, -0.15) is 0 Å². The number of rotatable bonds is 6. The summed E-state index contributed by atoms with van der Waals surface area (Å²) >= 11 is 1.46. The van der Waals surface area contributed by atoms with Crippen molar-refractivity contribution in [2.24, 2.45) is 0 Å². The number of carbonyl (C=O) groups is 2. The van der Waals surface area contributed by atoms with Crippen LogP contribution in [0.15, 0.2) is 60.7 Å². The molecule has 0 aliphatic carbocycles. The lowest BCUT2D eigenvalue weighted by atomic mass is 9.86. The number of carbonyl (C=O) groups excluding carboxylic acids is 2. The van der Waals surface area contributed by atoms with Gasteiger partial charge in [-0.3, -0.25) is 9.59 Å². The first-order valence-corrected chi connectivity index (χ1v) is 12.0. The first kappa shape index (κ1) is 24.1. The molecule has 0 aromatic heterocycles. The van der Waals surface area contributed by atoms with Crippen LogP contribution >= 0.6 is 11.8 Å². The first-order valence-electron chi connectivity index (χ1n) is 11.1. The molecular weight excluding hydrogens is 440 g/mol. The van der Waals surface area contributed by atoms with Crippen LogP contribution in [0.2, 0.25) is 0 Å². The number of thioether (sulfide) groups is 1. The summed E-state index contributed by atoms with van der Waals surface area (Å²) < 4.78 is 23.8. The predicted molar refractivity (Wildman–Crippen MR) is 126 cm³/mol. The Bertz CT molecular complexity index is 903. The van der Waals surface area contributed by atoms with E-state index < -0.39 is 23.8 Å². The lowest BCUT2D eigenvalue weighted by molar-refractivity contribution is -0.219. The highest BCUT2D eigenvalue weighted by molar-refractivity contribution is 8.00. The van der Waals surface area contributed by atoms with E-state index in [2.05, 4.69) is 0 Å². The normalized spacial score (nSPS) is 34.9. The van der Waals surface area contributed by atoms with Gasteiger partial charge in [0.2, 0.25) is 0 Å². The van der Waals surface area contributed by atoms with E-state index in [0.29, 0.717) is 0 Å². The second-order valence-electron chi connectivity index (χ2n) is 8.71. The van der Waals surface area contributed by atoms with E-state index in [-0.39, 0.29) is 34.9 Å². The van der Waals surface area contributed by atoms with Crippen LogP contribution in [0.25, 0.3) is 0 Å². The SMILES string of the molecule is CO[C@H]1O[C@@](C)(c2ccccc2)C(=O)C[C@@H]1S[C@H]1CC(=O)[C@](C)(c2ccccc2)O[C@@H]1OC. The standard InChI is InChI=1S/C26H30O6S/c1-25(17-11-7-5-8-12-17)21(27)15-19(23(29-3)31-25)33-20-16-22(28)26(2,32-24(20)30-4)18-13-9-6-10-14-18/h5-14,19-20,23-24H,15-16H2,1-4H3/t19-,20-,23-,24-,25-,26-/m0/s1. The fourth-order valence-electron chi connectivity index (χ4n) is 4.51. The van der Waals surface area contributed by atoms with Crippen LogP contribution < -0.4 is 0 Å². The van der Waals surface area contributed by atoms with Gasteiger partial charge in [0.25, 0.3) is 0 Å². The van der Waals surface area contributed by atoms with Crippen molar-refractivity contribution in [3.63, 3.8) is 0 Å². The van der Waals surface area contributed by atoms with E-state index in [1.54, 1.807) is 28.1 Å². The Morgan fingerprint density at radius 1 is 0.727 bits per heavy atom. The Hall–Kier alpha value is -2.03. The molecular formula is C26H30O6S. The number of benzene rings is 2. The van der Waals surface area contributed by atoms with Crippen molar-refractivity contribution in [1.29, 1.82) is 0 Å². The fourth-order valence-corrected chi connectivity index (χ4v) is 6.05. The van der Waals surface area contributed by atoms with Crippen molar-refractivity contribution in [2.45, 2.75) is 61.0 Å². The molecule has 2 aliphatic heterocycles. The van der Waals surface area contributed by atoms with Gasteiger partial charge < -0.3 is 18.9 Å². The van der Waals surface area contributed by atoms with Crippen molar-refractivity contribution in [3.05, 3.63) is 71.8 Å². The number of Topliss-reactive ketones (excluding diaryl/α,β-unsaturated/α-hetero) is 2. The third-order valence-electron chi connectivity index (χ3n) is 6.61. The smallest absolute Gasteiger partial charge is 0.171 e. The summed E-state index contributed by atoms with van der Waals surface area (Å²) in [4.78, 5) is 26.4. The van der Waals surface area contributed by atoms with Gasteiger partial charge in [0, 0.05) is 27.1 Å². The molecule has 2 heterocycles. The molecule has 0 spiro atoms. The molecule has 2 aliphatic rings. The average Bonchev–Trinajstić information content (AvgIpc) is 2.84. The number of hydrogen-bond acceptors (Lipinski definition) is 7. The highest BCUT2D eigenvalue weighted by Crippen LogP contribution is 2.45. The summed E-state index contributed by atoms with van der Waals surface area (Å²) in [6, 6.07) is 18.9. The molecule has 0 bridgehead atoms. The van der Waals surface area contributed by atoms with E-state index in [0.717, 1.165) is 11.1 Å². The number of hydrogen-bond donors (Lipinski definition) is 0. The second kappa shape index (κ2) is 9.68. The monoisotopic (exact) mass is 470 g/mol. The van der Waals surface area contributed by atoms with Gasteiger partial charge in [-0.25, -0.2) is 0 Å². The van der Waals surface area contributed by atoms with Crippen molar-refractivity contribution in [2.75, 3.05) is 14.2 Å². The molecule has 2 fully saturated rings. The molecule has 0 unspecified atom stereocenters. The summed E-state index contributed by atoms with van der Waals surface area (Å²) in [5.74, 6) is -0.0451. The number of ketones is 2. The minimum Gasteiger partial charge on any atom is -0.355 e. The zero-order valence-corrected chi connectivity index (χ0v) is 20.2. The van der Waals surface area contributed by atoms with Gasteiger partial charge in [-0.1, -0.05) is 60.7 Å². The van der Waals surface area contributed by atoms with Crippen molar-refractivity contribution >= 4 is 23.3 Å². The molecule has 0 saturated carbocycles. The molecule has 6 atom stereocenters. The van der Waals surface area contributed by atoms with Crippen LogP contribution in [0.1, 0.15) is 37.8 Å². The maximum Gasteiger partial charge on any atom is 0.171 e. The van der Waals surface area contributed by atoms with Crippen LogP contribution in [-0.4, -0.2) is 48.9 Å². The highest BCUT2D eigenvalue weighted by atomic mass is 32.2. The second-order valence-corrected chi connectivity index (χ2v) is 10.2. The van der Waals surface area contributed by atoms with E-state index in [9.17, 15) is 9.59 Å². The van der Waals surface area contributed by atoms with Crippen LogP contribution in [0.3, 0.4) is 0 Å². The lowest BCUT2D eigenvalue weighted by Gasteiger charge is -2.45. The summed E-state index contributed by atoms with van der Waals surface area (Å²) in [6.07, 6.45) is -0.724. The molecule has 33 heavy (non-hydrogen) atoms. The van der Waals surface area contributed by atoms with Crippen LogP contribution in [-0.2, 0) is 39.7 Å². The third-order valence-corrected chi connectivity index (χ3v) is 8.09. The van der Waals surface area contributed by atoms with Crippen LogP contribution in [0, 0.1) is 0 Å². The van der Waals surface area contributed by atoms with Gasteiger partial charge in [0.05, 0.1) is 10.5 Å². The van der Waals surface area contributed by atoms with Gasteiger partial charge in [0.1, 0.15) is 0 Å². The average molecular weight is 471 g/mol. The van der Waals surface area contributed by atoms with E-state index >= 15 is 0 Å². The molecule has 7 heteroatoms. The number of ether oxygens (including phenoxy) is 4. The Morgan fingerprint density at radius 2 is 1.09 bits per heavy atom. The van der Waals surface area contributed by atoms with E-state index in [1.165, 1.54) is 11.8 Å². The Balaban J connectivity index is 1.52. The number of methoxy groups -OCH3 is 2. The third kappa shape index (κ3) is 4.53. The summed E-state index contributed by atoms with van der Waals surface area (Å²) in [7, 11) is 3.14.